The van der Waals surface area contributed by atoms with Crippen molar-refractivity contribution >= 4 is 33.2 Å². The molecular weight excluding hydrogens is 327 g/mol. The highest BCUT2D eigenvalue weighted by Crippen LogP contribution is 2.14. The molecule has 98 valence electrons. The lowest BCUT2D eigenvalue weighted by molar-refractivity contribution is 0.602. The summed E-state index contributed by atoms with van der Waals surface area (Å²) in [5, 5.41) is 1.66. The van der Waals surface area contributed by atoms with Gasteiger partial charge in [0.15, 0.2) is 0 Å². The van der Waals surface area contributed by atoms with Gasteiger partial charge >= 0.3 is 0 Å². The molecular formula is C15H12BrFOS. The summed E-state index contributed by atoms with van der Waals surface area (Å²) in [4.78, 5) is 0. The molecule has 0 saturated heterocycles. The van der Waals surface area contributed by atoms with Crippen LogP contribution < -0.4 is 0 Å². The van der Waals surface area contributed by atoms with Crippen LogP contribution in [0.15, 0.2) is 58.4 Å². The van der Waals surface area contributed by atoms with Gasteiger partial charge in [-0.2, -0.15) is 0 Å². The molecule has 0 aromatic heterocycles. The lowest BCUT2D eigenvalue weighted by Crippen LogP contribution is -1.99. The van der Waals surface area contributed by atoms with Gasteiger partial charge in [-0.25, -0.2) is 4.39 Å². The first kappa shape index (κ1) is 14.3. The summed E-state index contributed by atoms with van der Waals surface area (Å²) in [6, 6.07) is 13.8. The molecule has 2 rings (SSSR count). The highest BCUT2D eigenvalue weighted by Gasteiger charge is 2.04. The molecule has 4 heteroatoms. The van der Waals surface area contributed by atoms with Crippen LogP contribution in [-0.2, 0) is 16.9 Å². The van der Waals surface area contributed by atoms with Crippen LogP contribution >= 0.6 is 15.9 Å². The van der Waals surface area contributed by atoms with E-state index in [-0.39, 0.29) is 5.82 Å². The summed E-state index contributed by atoms with van der Waals surface area (Å²) in [5.41, 5.74) is 1.86. The lowest BCUT2D eigenvalue weighted by atomic mass is 10.2. The van der Waals surface area contributed by atoms with Crippen molar-refractivity contribution in [1.82, 2.24) is 0 Å². The average molecular weight is 339 g/mol. The van der Waals surface area contributed by atoms with Gasteiger partial charge in [0.2, 0.25) is 0 Å². The quantitative estimate of drug-likeness (QED) is 0.752. The maximum Gasteiger partial charge on any atom is 0.135 e. The third kappa shape index (κ3) is 4.82. The molecule has 2 aromatic rings. The molecule has 0 bridgehead atoms. The Morgan fingerprint density at radius 1 is 1.05 bits per heavy atom. The predicted octanol–water partition coefficient (Wildman–Crippen LogP) is 4.51. The summed E-state index contributed by atoms with van der Waals surface area (Å²) in [7, 11) is 0. The van der Waals surface area contributed by atoms with Crippen molar-refractivity contribution in [3.63, 3.8) is 0 Å². The SMILES string of the molecule is [O-][S+](C=Cc1ccc(Br)cc1)Cc1ccc(F)cc1. The number of rotatable bonds is 4. The zero-order chi connectivity index (χ0) is 13.7. The summed E-state index contributed by atoms with van der Waals surface area (Å²) in [6.07, 6.45) is 1.83. The summed E-state index contributed by atoms with van der Waals surface area (Å²) in [5.74, 6) is 0.118. The Balaban J connectivity index is 1.95. The average Bonchev–Trinajstić information content (AvgIpc) is 2.41. The van der Waals surface area contributed by atoms with Crippen molar-refractivity contribution in [2.24, 2.45) is 0 Å². The van der Waals surface area contributed by atoms with Gasteiger partial charge in [-0.05, 0) is 47.1 Å². The molecule has 1 unspecified atom stereocenters. The third-order valence-electron chi connectivity index (χ3n) is 2.50. The molecule has 0 N–H and O–H groups in total. The van der Waals surface area contributed by atoms with Crippen molar-refractivity contribution in [2.75, 3.05) is 0 Å². The molecule has 1 nitrogen and oxygen atoms in total. The number of halogens is 2. The van der Waals surface area contributed by atoms with Gasteiger partial charge in [-0.3, -0.25) is 0 Å². The normalized spacial score (nSPS) is 12.8. The molecule has 0 aliphatic rings. The second kappa shape index (κ2) is 6.89. The highest BCUT2D eigenvalue weighted by molar-refractivity contribution is 9.10. The van der Waals surface area contributed by atoms with Crippen molar-refractivity contribution in [3.05, 3.63) is 75.4 Å². The van der Waals surface area contributed by atoms with Crippen molar-refractivity contribution in [2.45, 2.75) is 5.75 Å². The Kier molecular flexibility index (Phi) is 5.19. The zero-order valence-electron chi connectivity index (χ0n) is 10.1. The topological polar surface area (TPSA) is 23.1 Å². The zero-order valence-corrected chi connectivity index (χ0v) is 12.5. The standard InChI is InChI=1S/C15H12BrFOS/c16-14-5-1-12(2-6-14)9-10-19(18)11-13-3-7-15(17)8-4-13/h1-10H,11H2. The Labute approximate surface area is 123 Å². The molecule has 1 atom stereocenters. The lowest BCUT2D eigenvalue weighted by Gasteiger charge is -2.05. The number of hydrogen-bond acceptors (Lipinski definition) is 1. The first-order chi connectivity index (χ1) is 9.13. The van der Waals surface area contributed by atoms with Gasteiger partial charge in [0.05, 0.1) is 0 Å². The molecule has 0 amide bonds. The maximum atomic E-state index is 12.7. The fourth-order valence-corrected chi connectivity index (χ4v) is 2.71. The van der Waals surface area contributed by atoms with E-state index < -0.39 is 11.2 Å². The van der Waals surface area contributed by atoms with Gasteiger partial charge in [-0.1, -0.05) is 40.2 Å². The van der Waals surface area contributed by atoms with E-state index in [0.29, 0.717) is 5.75 Å². The van der Waals surface area contributed by atoms with Crippen LogP contribution in [0.25, 0.3) is 6.08 Å². The molecule has 0 saturated carbocycles. The summed E-state index contributed by atoms with van der Waals surface area (Å²) >= 11 is 2.26. The van der Waals surface area contributed by atoms with Gasteiger partial charge in [-0.15, -0.1) is 0 Å². The molecule has 0 aliphatic carbocycles. The molecule has 0 fully saturated rings. The van der Waals surface area contributed by atoms with Crippen LogP contribution in [0.3, 0.4) is 0 Å². The van der Waals surface area contributed by atoms with E-state index in [4.69, 9.17) is 0 Å². The Morgan fingerprint density at radius 3 is 2.32 bits per heavy atom. The Hall–Kier alpha value is -1.10. The van der Waals surface area contributed by atoms with E-state index in [9.17, 15) is 8.94 Å². The number of hydrogen-bond donors (Lipinski definition) is 0. The first-order valence-corrected chi connectivity index (χ1v) is 7.86. The fourth-order valence-electron chi connectivity index (χ4n) is 1.52. The molecule has 0 spiro atoms. The smallest absolute Gasteiger partial charge is 0.135 e. The van der Waals surface area contributed by atoms with Crippen molar-refractivity contribution in [1.29, 1.82) is 0 Å². The second-order valence-corrected chi connectivity index (χ2v) is 6.24. The Bertz CT molecular complexity index is 551. The minimum atomic E-state index is -1.10. The van der Waals surface area contributed by atoms with E-state index in [0.717, 1.165) is 15.6 Å². The monoisotopic (exact) mass is 338 g/mol. The second-order valence-electron chi connectivity index (χ2n) is 4.01. The molecule has 0 aliphatic heterocycles. The van der Waals surface area contributed by atoms with Crippen LogP contribution in [0.1, 0.15) is 11.1 Å². The minimum absolute atomic E-state index is 0.278. The summed E-state index contributed by atoms with van der Waals surface area (Å²) in [6.45, 7) is 0. The minimum Gasteiger partial charge on any atom is -0.612 e. The molecule has 19 heavy (non-hydrogen) atoms. The maximum absolute atomic E-state index is 12.7. The predicted molar refractivity (Wildman–Crippen MR) is 81.4 cm³/mol. The van der Waals surface area contributed by atoms with Crippen molar-refractivity contribution in [3.8, 4) is 0 Å². The van der Waals surface area contributed by atoms with Crippen molar-refractivity contribution < 1.29 is 8.94 Å². The van der Waals surface area contributed by atoms with Gasteiger partial charge in [0, 0.05) is 10.0 Å². The third-order valence-corrected chi connectivity index (χ3v) is 4.09. The fraction of sp³-hybridized carbons (Fsp3) is 0.0667. The van der Waals surface area contributed by atoms with Gasteiger partial charge in [0.25, 0.3) is 0 Å². The van der Waals surface area contributed by atoms with Crippen LogP contribution in [0.2, 0.25) is 0 Å². The van der Waals surface area contributed by atoms with Gasteiger partial charge in [0.1, 0.15) is 17.0 Å². The van der Waals surface area contributed by atoms with E-state index in [1.165, 1.54) is 12.1 Å². The van der Waals surface area contributed by atoms with Crippen LogP contribution in [0, 0.1) is 5.82 Å². The molecule has 2 aromatic carbocycles. The highest BCUT2D eigenvalue weighted by atomic mass is 79.9. The van der Waals surface area contributed by atoms with Crippen LogP contribution in [-0.4, -0.2) is 4.55 Å². The van der Waals surface area contributed by atoms with E-state index >= 15 is 0 Å². The van der Waals surface area contributed by atoms with E-state index in [1.807, 2.05) is 30.3 Å². The Morgan fingerprint density at radius 2 is 1.68 bits per heavy atom. The largest absolute Gasteiger partial charge is 0.612 e. The van der Waals surface area contributed by atoms with E-state index in [1.54, 1.807) is 17.5 Å². The van der Waals surface area contributed by atoms with Crippen LogP contribution in [0.4, 0.5) is 4.39 Å². The first-order valence-electron chi connectivity index (χ1n) is 5.69. The van der Waals surface area contributed by atoms with E-state index in [2.05, 4.69) is 15.9 Å². The summed E-state index contributed by atoms with van der Waals surface area (Å²) < 4.78 is 25.6. The molecule has 0 radical (unpaired) electrons. The molecule has 0 heterocycles. The van der Waals surface area contributed by atoms with Gasteiger partial charge < -0.3 is 4.55 Å². The van der Waals surface area contributed by atoms with Crippen LogP contribution in [0.5, 0.6) is 0 Å². The number of benzene rings is 2.